The molecule has 0 spiro atoms. The van der Waals surface area contributed by atoms with Crippen LogP contribution in [0.1, 0.15) is 6.92 Å². The molecule has 0 bridgehead atoms. The molecule has 2 fully saturated rings. The Kier molecular flexibility index (Phi) is 8.20. The van der Waals surface area contributed by atoms with Crippen molar-refractivity contribution in [2.75, 3.05) is 6.61 Å². The van der Waals surface area contributed by atoms with E-state index in [1.165, 1.54) is 43.3 Å². The second-order valence-electron chi connectivity index (χ2n) is 9.94. The predicted octanol–water partition coefficient (Wildman–Crippen LogP) is -1.10. The minimum absolute atomic E-state index is 0.00857. The SMILES string of the molecule is C[C@@H]1O[C@H](O[C@@H]2C(O)[C@H](O)[C@@H](CO)O[C@H]2Oc2cc(O)c3c(=O)cc(-c4ccc(O)cc4)oc3c2)[C@H](O)[C@H](O)[C@H]1O. The molecule has 0 saturated carbocycles. The van der Waals surface area contributed by atoms with E-state index in [9.17, 15) is 45.6 Å². The van der Waals surface area contributed by atoms with Crippen LogP contribution in [0, 0.1) is 0 Å². The van der Waals surface area contributed by atoms with Crippen LogP contribution >= 0.6 is 0 Å². The third-order valence-electron chi connectivity index (χ3n) is 7.11. The number of phenols is 2. The molecular formula is C27H30O14. The highest BCUT2D eigenvalue weighted by Gasteiger charge is 2.50. The van der Waals surface area contributed by atoms with Crippen molar-refractivity contribution in [2.45, 2.75) is 68.3 Å². The van der Waals surface area contributed by atoms with Crippen LogP contribution in [0.5, 0.6) is 17.2 Å². The van der Waals surface area contributed by atoms with E-state index in [1.54, 1.807) is 0 Å². The largest absolute Gasteiger partial charge is 0.508 e. The van der Waals surface area contributed by atoms with E-state index in [1.807, 2.05) is 0 Å². The third kappa shape index (κ3) is 5.61. The normalized spacial score (nSPS) is 34.0. The number of phenolic OH excluding ortho intramolecular Hbond substituents is 2. The molecule has 5 rings (SSSR count). The lowest BCUT2D eigenvalue weighted by atomic mass is 9.97. The maximum atomic E-state index is 12.8. The molecule has 2 saturated heterocycles. The third-order valence-corrected chi connectivity index (χ3v) is 7.11. The van der Waals surface area contributed by atoms with Crippen LogP contribution < -0.4 is 10.2 Å². The van der Waals surface area contributed by atoms with Crippen LogP contribution in [-0.2, 0) is 14.2 Å². The summed E-state index contributed by atoms with van der Waals surface area (Å²) < 4.78 is 28.4. The van der Waals surface area contributed by atoms with Crippen molar-refractivity contribution in [1.29, 1.82) is 0 Å². The Morgan fingerprint density at radius 3 is 2.22 bits per heavy atom. The number of ether oxygens (including phenoxy) is 4. The van der Waals surface area contributed by atoms with Gasteiger partial charge in [0.1, 0.15) is 70.6 Å². The lowest BCUT2D eigenvalue weighted by molar-refractivity contribution is -0.354. The van der Waals surface area contributed by atoms with Gasteiger partial charge < -0.3 is 64.2 Å². The van der Waals surface area contributed by atoms with Crippen molar-refractivity contribution < 1.29 is 64.2 Å². The van der Waals surface area contributed by atoms with Crippen molar-refractivity contribution in [3.63, 3.8) is 0 Å². The van der Waals surface area contributed by atoms with Gasteiger partial charge in [-0.2, -0.15) is 0 Å². The van der Waals surface area contributed by atoms with Crippen molar-refractivity contribution in [2.24, 2.45) is 0 Å². The minimum Gasteiger partial charge on any atom is -0.508 e. The van der Waals surface area contributed by atoms with Gasteiger partial charge in [-0.25, -0.2) is 0 Å². The van der Waals surface area contributed by atoms with E-state index in [4.69, 9.17) is 23.4 Å². The molecule has 3 heterocycles. The van der Waals surface area contributed by atoms with Crippen LogP contribution in [0.3, 0.4) is 0 Å². The Morgan fingerprint density at radius 2 is 1.54 bits per heavy atom. The summed E-state index contributed by atoms with van der Waals surface area (Å²) in [5.74, 6) is -0.498. The molecule has 1 aromatic heterocycles. The summed E-state index contributed by atoms with van der Waals surface area (Å²) in [7, 11) is 0. The monoisotopic (exact) mass is 578 g/mol. The van der Waals surface area contributed by atoms with Gasteiger partial charge in [0.15, 0.2) is 17.8 Å². The van der Waals surface area contributed by atoms with Gasteiger partial charge in [0, 0.05) is 23.8 Å². The van der Waals surface area contributed by atoms with Crippen LogP contribution in [0.4, 0.5) is 0 Å². The van der Waals surface area contributed by atoms with Crippen LogP contribution in [0.25, 0.3) is 22.3 Å². The van der Waals surface area contributed by atoms with E-state index < -0.39 is 79.2 Å². The molecule has 8 N–H and O–H groups in total. The molecular weight excluding hydrogens is 548 g/mol. The Hall–Kier alpha value is -3.31. The molecule has 222 valence electrons. The molecule has 14 heteroatoms. The topological polar surface area (TPSA) is 229 Å². The minimum atomic E-state index is -1.76. The van der Waals surface area contributed by atoms with E-state index in [-0.39, 0.29) is 28.2 Å². The number of hydrogen-bond acceptors (Lipinski definition) is 14. The highest BCUT2D eigenvalue weighted by atomic mass is 16.8. The molecule has 0 amide bonds. The number of hydrogen-bond donors (Lipinski definition) is 8. The van der Waals surface area contributed by atoms with Gasteiger partial charge in [-0.1, -0.05) is 0 Å². The fraction of sp³-hybridized carbons (Fsp3) is 0.444. The summed E-state index contributed by atoms with van der Waals surface area (Å²) >= 11 is 0. The summed E-state index contributed by atoms with van der Waals surface area (Å²) in [5, 5.41) is 81.4. The van der Waals surface area contributed by atoms with Crippen molar-refractivity contribution in [1.82, 2.24) is 0 Å². The first-order chi connectivity index (χ1) is 19.5. The zero-order valence-corrected chi connectivity index (χ0v) is 21.5. The van der Waals surface area contributed by atoms with Crippen LogP contribution in [0.15, 0.2) is 51.7 Å². The van der Waals surface area contributed by atoms with Crippen molar-refractivity contribution >= 4 is 11.0 Å². The Balaban J connectivity index is 1.47. The van der Waals surface area contributed by atoms with Gasteiger partial charge in [-0.15, -0.1) is 0 Å². The molecule has 41 heavy (non-hydrogen) atoms. The number of fused-ring (bicyclic) bond motifs is 1. The summed E-state index contributed by atoms with van der Waals surface area (Å²) in [6.07, 6.45) is -15.3. The second kappa shape index (κ2) is 11.5. The first-order valence-corrected chi connectivity index (χ1v) is 12.7. The van der Waals surface area contributed by atoms with Gasteiger partial charge in [-0.3, -0.25) is 4.79 Å². The molecule has 0 radical (unpaired) electrons. The number of benzene rings is 2. The predicted molar refractivity (Wildman–Crippen MR) is 137 cm³/mol. The molecule has 1 unspecified atom stereocenters. The van der Waals surface area contributed by atoms with Gasteiger partial charge in [0.05, 0.1) is 12.7 Å². The summed E-state index contributed by atoms with van der Waals surface area (Å²) in [6.45, 7) is 0.704. The quantitative estimate of drug-likeness (QED) is 0.174. The molecule has 10 atom stereocenters. The van der Waals surface area contributed by atoms with Gasteiger partial charge in [0.25, 0.3) is 0 Å². The number of aliphatic hydroxyl groups is 6. The first kappa shape index (κ1) is 29.2. The number of aliphatic hydroxyl groups excluding tert-OH is 6. The van der Waals surface area contributed by atoms with Gasteiger partial charge >= 0.3 is 0 Å². The number of rotatable bonds is 6. The highest BCUT2D eigenvalue weighted by molar-refractivity contribution is 5.86. The summed E-state index contributed by atoms with van der Waals surface area (Å²) in [5.41, 5.74) is -0.182. The van der Waals surface area contributed by atoms with Gasteiger partial charge in [-0.05, 0) is 31.2 Å². The lowest BCUT2D eigenvalue weighted by Gasteiger charge is -2.45. The first-order valence-electron chi connectivity index (χ1n) is 12.7. The van der Waals surface area contributed by atoms with Crippen molar-refractivity contribution in [3.8, 4) is 28.6 Å². The maximum Gasteiger partial charge on any atom is 0.229 e. The average Bonchev–Trinajstić information content (AvgIpc) is 2.94. The standard InChI is InChI=1S/C27H30O14/c1-10-20(32)22(34)24(36)26(37-10)41-25-23(35)21(33)18(9-28)40-27(25)38-13-6-14(30)19-15(31)8-16(39-17(19)7-13)11-2-4-12(29)5-3-11/h2-8,10,18,20-30,32-36H,9H2,1H3/t10-,18+,20-,21+,22+,23?,24+,25+,26+,27+/m0/s1. The Bertz CT molecular complexity index is 1420. The zero-order valence-electron chi connectivity index (χ0n) is 21.5. The molecule has 14 nitrogen and oxygen atoms in total. The fourth-order valence-corrected chi connectivity index (χ4v) is 4.79. The smallest absolute Gasteiger partial charge is 0.229 e. The molecule has 2 aromatic carbocycles. The molecule has 2 aliphatic rings. The molecule has 2 aliphatic heterocycles. The Labute approximate surface area is 231 Å². The van der Waals surface area contributed by atoms with E-state index in [0.29, 0.717) is 5.56 Å². The zero-order chi connectivity index (χ0) is 29.6. The lowest BCUT2D eigenvalue weighted by Crippen LogP contribution is -2.64. The van der Waals surface area contributed by atoms with E-state index in [2.05, 4.69) is 0 Å². The van der Waals surface area contributed by atoms with Crippen molar-refractivity contribution in [3.05, 3.63) is 52.7 Å². The number of aromatic hydroxyl groups is 2. The van der Waals surface area contributed by atoms with E-state index >= 15 is 0 Å². The molecule has 0 aliphatic carbocycles. The Morgan fingerprint density at radius 1 is 0.829 bits per heavy atom. The molecule has 3 aromatic rings. The van der Waals surface area contributed by atoms with Gasteiger partial charge in [0.2, 0.25) is 6.29 Å². The summed E-state index contributed by atoms with van der Waals surface area (Å²) in [6, 6.07) is 9.38. The average molecular weight is 579 g/mol. The fourth-order valence-electron chi connectivity index (χ4n) is 4.79. The van der Waals surface area contributed by atoms with Crippen LogP contribution in [-0.4, -0.2) is 109 Å². The highest BCUT2D eigenvalue weighted by Crippen LogP contribution is 2.35. The summed E-state index contributed by atoms with van der Waals surface area (Å²) in [4.78, 5) is 12.8. The maximum absolute atomic E-state index is 12.8. The second-order valence-corrected chi connectivity index (χ2v) is 9.94. The van der Waals surface area contributed by atoms with Crippen LogP contribution in [0.2, 0.25) is 0 Å². The van der Waals surface area contributed by atoms with E-state index in [0.717, 1.165) is 6.07 Å².